The van der Waals surface area contributed by atoms with Gasteiger partial charge < -0.3 is 9.64 Å². The number of likely N-dealkylation sites (tertiary alicyclic amines) is 1. The molecule has 1 atom stereocenters. The molecule has 0 N–H and O–H groups in total. The highest BCUT2D eigenvalue weighted by Gasteiger charge is 2.29. The maximum absolute atomic E-state index is 12.4. The number of amides is 1. The summed E-state index contributed by atoms with van der Waals surface area (Å²) >= 11 is 0. The zero-order valence-electron chi connectivity index (χ0n) is 11.4. The Hall–Kier alpha value is -1.84. The number of carbonyl (C=O) groups excluding carboxylic acids is 2. The van der Waals surface area contributed by atoms with Gasteiger partial charge in [-0.25, -0.2) is 0 Å². The molecular weight excluding hydrogens is 242 g/mol. The van der Waals surface area contributed by atoms with E-state index in [1.54, 1.807) is 4.90 Å². The first-order valence-electron chi connectivity index (χ1n) is 6.55. The van der Waals surface area contributed by atoms with Gasteiger partial charge in [-0.05, 0) is 31.9 Å². The van der Waals surface area contributed by atoms with Gasteiger partial charge in [0, 0.05) is 18.7 Å². The smallest absolute Gasteiger partial charge is 0.310 e. The summed E-state index contributed by atoms with van der Waals surface area (Å²) < 4.78 is 4.77. The van der Waals surface area contributed by atoms with Gasteiger partial charge in [-0.2, -0.15) is 0 Å². The highest BCUT2D eigenvalue weighted by atomic mass is 16.5. The minimum atomic E-state index is -0.221. The number of esters is 1. The van der Waals surface area contributed by atoms with Crippen molar-refractivity contribution in [3.05, 3.63) is 35.4 Å². The molecule has 0 spiro atoms. The Kier molecular flexibility index (Phi) is 4.20. The number of carbonyl (C=O) groups is 2. The third kappa shape index (κ3) is 3.13. The molecule has 1 aliphatic rings. The van der Waals surface area contributed by atoms with Crippen molar-refractivity contribution in [1.82, 2.24) is 4.90 Å². The van der Waals surface area contributed by atoms with Gasteiger partial charge in [0.05, 0.1) is 13.0 Å². The van der Waals surface area contributed by atoms with Crippen LogP contribution in [0.4, 0.5) is 0 Å². The lowest BCUT2D eigenvalue weighted by Crippen LogP contribution is -2.42. The van der Waals surface area contributed by atoms with E-state index in [9.17, 15) is 9.59 Å². The van der Waals surface area contributed by atoms with Gasteiger partial charge in [-0.1, -0.05) is 17.7 Å². The molecule has 0 aromatic heterocycles. The van der Waals surface area contributed by atoms with Crippen LogP contribution >= 0.6 is 0 Å². The lowest BCUT2D eigenvalue weighted by molar-refractivity contribution is -0.146. The van der Waals surface area contributed by atoms with Crippen LogP contribution in [-0.2, 0) is 9.53 Å². The predicted molar refractivity (Wildman–Crippen MR) is 71.8 cm³/mol. The van der Waals surface area contributed by atoms with Crippen LogP contribution in [0.5, 0.6) is 0 Å². The SMILES string of the molecule is COC(=O)[C@@H]1CCCN(C(=O)c2cccc(C)c2)C1. The molecule has 0 radical (unpaired) electrons. The third-order valence-corrected chi connectivity index (χ3v) is 3.51. The number of methoxy groups -OCH3 is 1. The molecule has 1 aliphatic heterocycles. The highest BCUT2D eigenvalue weighted by Crippen LogP contribution is 2.20. The molecule has 1 fully saturated rings. The number of hydrogen-bond acceptors (Lipinski definition) is 3. The van der Waals surface area contributed by atoms with E-state index in [0.717, 1.165) is 18.4 Å². The summed E-state index contributed by atoms with van der Waals surface area (Å²) in [6, 6.07) is 7.54. The first kappa shape index (κ1) is 13.6. The number of rotatable bonds is 2. The van der Waals surface area contributed by atoms with Crippen molar-refractivity contribution in [2.75, 3.05) is 20.2 Å². The minimum absolute atomic E-state index is 0.00250. The molecule has 4 nitrogen and oxygen atoms in total. The van der Waals surface area contributed by atoms with Crippen LogP contribution in [0.2, 0.25) is 0 Å². The first-order chi connectivity index (χ1) is 9.11. The first-order valence-corrected chi connectivity index (χ1v) is 6.55. The van der Waals surface area contributed by atoms with Crippen molar-refractivity contribution < 1.29 is 14.3 Å². The Morgan fingerprint density at radius 2 is 2.16 bits per heavy atom. The normalized spacial score (nSPS) is 19.1. The van der Waals surface area contributed by atoms with Crippen molar-refractivity contribution >= 4 is 11.9 Å². The van der Waals surface area contributed by atoms with Crippen molar-refractivity contribution in [2.24, 2.45) is 5.92 Å². The van der Waals surface area contributed by atoms with E-state index >= 15 is 0 Å². The summed E-state index contributed by atoms with van der Waals surface area (Å²) in [5.41, 5.74) is 1.75. The Bertz CT molecular complexity index is 484. The van der Waals surface area contributed by atoms with Gasteiger partial charge >= 0.3 is 5.97 Å². The average molecular weight is 261 g/mol. The fourth-order valence-corrected chi connectivity index (χ4v) is 2.48. The number of ether oxygens (including phenoxy) is 1. The number of hydrogen-bond donors (Lipinski definition) is 0. The molecular formula is C15H19NO3. The van der Waals surface area contributed by atoms with Crippen LogP contribution in [0.25, 0.3) is 0 Å². The van der Waals surface area contributed by atoms with Gasteiger partial charge in [0.15, 0.2) is 0 Å². The van der Waals surface area contributed by atoms with Crippen LogP contribution in [0.1, 0.15) is 28.8 Å². The lowest BCUT2D eigenvalue weighted by atomic mass is 9.97. The Balaban J connectivity index is 2.09. The Labute approximate surface area is 113 Å². The lowest BCUT2D eigenvalue weighted by Gasteiger charge is -2.31. The fourth-order valence-electron chi connectivity index (χ4n) is 2.48. The zero-order valence-corrected chi connectivity index (χ0v) is 11.4. The van der Waals surface area contributed by atoms with Crippen LogP contribution < -0.4 is 0 Å². The summed E-state index contributed by atoms with van der Waals surface area (Å²) in [5.74, 6) is -0.411. The average Bonchev–Trinajstić information content (AvgIpc) is 2.45. The molecule has 1 amide bonds. The summed E-state index contributed by atoms with van der Waals surface area (Å²) in [5, 5.41) is 0. The van der Waals surface area contributed by atoms with Gasteiger partial charge in [-0.3, -0.25) is 9.59 Å². The summed E-state index contributed by atoms with van der Waals surface area (Å²) in [7, 11) is 1.39. The van der Waals surface area contributed by atoms with E-state index in [2.05, 4.69) is 0 Å². The van der Waals surface area contributed by atoms with Crippen molar-refractivity contribution in [2.45, 2.75) is 19.8 Å². The predicted octanol–water partition coefficient (Wildman–Crippen LogP) is 2.02. The molecule has 1 heterocycles. The minimum Gasteiger partial charge on any atom is -0.469 e. The maximum atomic E-state index is 12.4. The molecule has 2 rings (SSSR count). The molecule has 0 saturated carbocycles. The molecule has 4 heteroatoms. The molecule has 0 unspecified atom stereocenters. The van der Waals surface area contributed by atoms with Crippen LogP contribution in [-0.4, -0.2) is 37.0 Å². The second-order valence-corrected chi connectivity index (χ2v) is 4.98. The van der Waals surface area contributed by atoms with Gasteiger partial charge in [0.25, 0.3) is 5.91 Å². The van der Waals surface area contributed by atoms with Crippen LogP contribution in [0.15, 0.2) is 24.3 Å². The Morgan fingerprint density at radius 3 is 2.84 bits per heavy atom. The standard InChI is InChI=1S/C15H19NO3/c1-11-5-3-6-12(9-11)14(17)16-8-4-7-13(10-16)15(18)19-2/h3,5-6,9,13H,4,7-8,10H2,1-2H3/t13-/m1/s1. The summed E-state index contributed by atoms with van der Waals surface area (Å²) in [4.78, 5) is 25.7. The third-order valence-electron chi connectivity index (χ3n) is 3.51. The Morgan fingerprint density at radius 1 is 1.37 bits per heavy atom. The molecule has 1 aromatic rings. The second-order valence-electron chi connectivity index (χ2n) is 4.98. The van der Waals surface area contributed by atoms with Gasteiger partial charge in [0.2, 0.25) is 0 Å². The van der Waals surface area contributed by atoms with Crippen molar-refractivity contribution in [3.63, 3.8) is 0 Å². The monoisotopic (exact) mass is 261 g/mol. The largest absolute Gasteiger partial charge is 0.469 e. The van der Waals surface area contributed by atoms with Crippen LogP contribution in [0, 0.1) is 12.8 Å². The molecule has 19 heavy (non-hydrogen) atoms. The molecule has 1 saturated heterocycles. The molecule has 1 aromatic carbocycles. The van der Waals surface area contributed by atoms with E-state index in [1.807, 2.05) is 31.2 Å². The van der Waals surface area contributed by atoms with Gasteiger partial charge in [0.1, 0.15) is 0 Å². The topological polar surface area (TPSA) is 46.6 Å². The number of benzene rings is 1. The van der Waals surface area contributed by atoms with Gasteiger partial charge in [-0.15, -0.1) is 0 Å². The summed E-state index contributed by atoms with van der Waals surface area (Å²) in [6.07, 6.45) is 1.64. The summed E-state index contributed by atoms with van der Waals surface area (Å²) in [6.45, 7) is 3.13. The van der Waals surface area contributed by atoms with E-state index in [1.165, 1.54) is 7.11 Å². The highest BCUT2D eigenvalue weighted by molar-refractivity contribution is 5.94. The fraction of sp³-hybridized carbons (Fsp3) is 0.467. The number of piperidine rings is 1. The molecule has 0 bridgehead atoms. The molecule has 0 aliphatic carbocycles. The van der Waals surface area contributed by atoms with Crippen LogP contribution in [0.3, 0.4) is 0 Å². The quantitative estimate of drug-likeness (QED) is 0.765. The van der Waals surface area contributed by atoms with E-state index in [0.29, 0.717) is 18.7 Å². The molecule has 102 valence electrons. The van der Waals surface area contributed by atoms with Crippen molar-refractivity contribution in [3.8, 4) is 0 Å². The van der Waals surface area contributed by atoms with E-state index < -0.39 is 0 Å². The number of aryl methyl sites for hydroxylation is 1. The second kappa shape index (κ2) is 5.87. The van der Waals surface area contributed by atoms with E-state index in [-0.39, 0.29) is 17.8 Å². The zero-order chi connectivity index (χ0) is 13.8. The maximum Gasteiger partial charge on any atom is 0.310 e. The number of nitrogens with zero attached hydrogens (tertiary/aromatic N) is 1. The van der Waals surface area contributed by atoms with E-state index in [4.69, 9.17) is 4.74 Å². The van der Waals surface area contributed by atoms with Crippen molar-refractivity contribution in [1.29, 1.82) is 0 Å².